The van der Waals surface area contributed by atoms with Crippen LogP contribution in [0.1, 0.15) is 12.7 Å². The number of halogens is 2. The van der Waals surface area contributed by atoms with Crippen LogP contribution in [-0.4, -0.2) is 14.8 Å². The number of benzene rings is 1. The van der Waals surface area contributed by atoms with E-state index in [1.165, 1.54) is 16.7 Å². The van der Waals surface area contributed by atoms with Crippen molar-refractivity contribution in [3.05, 3.63) is 40.4 Å². The van der Waals surface area contributed by atoms with E-state index in [2.05, 4.69) is 10.2 Å². The molecular weight excluding hydrogens is 232 g/mol. The Balaban J connectivity index is 2.67. The highest BCUT2D eigenvalue weighted by molar-refractivity contribution is 7.71. The van der Waals surface area contributed by atoms with Gasteiger partial charge < -0.3 is 0 Å². The maximum absolute atomic E-state index is 13.6. The monoisotopic (exact) mass is 241 g/mol. The van der Waals surface area contributed by atoms with Gasteiger partial charge in [0, 0.05) is 12.5 Å². The molecule has 1 heterocycles. The highest BCUT2D eigenvalue weighted by atomic mass is 32.1. The second-order valence-electron chi connectivity index (χ2n) is 3.23. The van der Waals surface area contributed by atoms with Crippen LogP contribution in [0, 0.1) is 16.4 Å². The van der Waals surface area contributed by atoms with Crippen LogP contribution in [0.15, 0.2) is 18.2 Å². The molecule has 0 saturated heterocycles. The molecule has 2 aromatic rings. The van der Waals surface area contributed by atoms with Crippen molar-refractivity contribution in [1.82, 2.24) is 14.8 Å². The minimum atomic E-state index is -0.660. The van der Waals surface area contributed by atoms with Crippen molar-refractivity contribution in [3.8, 4) is 5.69 Å². The molecule has 1 aromatic carbocycles. The number of aryl methyl sites for hydroxylation is 1. The molecule has 0 unspecified atom stereocenters. The number of nitrogens with one attached hydrogen (secondary N) is 1. The predicted molar refractivity (Wildman–Crippen MR) is 58.0 cm³/mol. The first-order valence-corrected chi connectivity index (χ1v) is 5.16. The fraction of sp³-hybridized carbons (Fsp3) is 0.200. The van der Waals surface area contributed by atoms with Crippen LogP contribution < -0.4 is 0 Å². The van der Waals surface area contributed by atoms with Gasteiger partial charge in [-0.15, -0.1) is 0 Å². The third-order valence-electron chi connectivity index (χ3n) is 2.21. The van der Waals surface area contributed by atoms with Gasteiger partial charge in [0.15, 0.2) is 4.77 Å². The Morgan fingerprint density at radius 3 is 2.81 bits per heavy atom. The Kier molecular flexibility index (Phi) is 2.82. The second kappa shape index (κ2) is 4.13. The van der Waals surface area contributed by atoms with Gasteiger partial charge in [-0.1, -0.05) is 6.92 Å². The van der Waals surface area contributed by atoms with Crippen LogP contribution in [0.3, 0.4) is 0 Å². The summed E-state index contributed by atoms with van der Waals surface area (Å²) in [5.74, 6) is -0.669. The number of hydrogen-bond donors (Lipinski definition) is 1. The lowest BCUT2D eigenvalue weighted by Gasteiger charge is -2.06. The first kappa shape index (κ1) is 10.9. The summed E-state index contributed by atoms with van der Waals surface area (Å²) in [4.78, 5) is 0. The second-order valence-corrected chi connectivity index (χ2v) is 3.62. The minimum absolute atomic E-state index is 0.206. The number of rotatable bonds is 2. The number of aromatic amines is 1. The van der Waals surface area contributed by atoms with Gasteiger partial charge in [0.25, 0.3) is 0 Å². The largest absolute Gasteiger partial charge is 0.269 e. The molecule has 0 saturated carbocycles. The lowest BCUT2D eigenvalue weighted by molar-refractivity contribution is 0.576. The molecule has 0 spiro atoms. The van der Waals surface area contributed by atoms with E-state index in [0.717, 1.165) is 6.07 Å². The zero-order valence-corrected chi connectivity index (χ0v) is 9.31. The molecule has 0 aliphatic heterocycles. The van der Waals surface area contributed by atoms with Crippen LogP contribution in [0.4, 0.5) is 8.78 Å². The zero-order valence-electron chi connectivity index (χ0n) is 8.50. The molecule has 0 radical (unpaired) electrons. The topological polar surface area (TPSA) is 33.6 Å². The fourth-order valence-corrected chi connectivity index (χ4v) is 1.73. The van der Waals surface area contributed by atoms with Crippen LogP contribution in [0.25, 0.3) is 5.69 Å². The molecule has 0 bridgehead atoms. The van der Waals surface area contributed by atoms with E-state index in [0.29, 0.717) is 17.0 Å². The summed E-state index contributed by atoms with van der Waals surface area (Å²) in [6.45, 7) is 1.88. The smallest absolute Gasteiger partial charge is 0.199 e. The third kappa shape index (κ3) is 1.76. The first-order valence-electron chi connectivity index (χ1n) is 4.75. The average molecular weight is 241 g/mol. The molecule has 2 rings (SSSR count). The molecule has 0 amide bonds. The first-order chi connectivity index (χ1) is 7.63. The van der Waals surface area contributed by atoms with Gasteiger partial charge in [-0.25, -0.2) is 8.78 Å². The average Bonchev–Trinajstić information content (AvgIpc) is 2.60. The molecule has 84 valence electrons. The number of nitrogens with zero attached hydrogens (tertiary/aromatic N) is 2. The molecule has 1 N–H and O–H groups in total. The quantitative estimate of drug-likeness (QED) is 0.820. The van der Waals surface area contributed by atoms with E-state index in [9.17, 15) is 8.78 Å². The molecule has 0 fully saturated rings. The van der Waals surface area contributed by atoms with Crippen molar-refractivity contribution in [3.63, 3.8) is 0 Å². The summed E-state index contributed by atoms with van der Waals surface area (Å²) in [5, 5.41) is 6.54. The minimum Gasteiger partial charge on any atom is -0.269 e. The van der Waals surface area contributed by atoms with E-state index in [4.69, 9.17) is 12.2 Å². The van der Waals surface area contributed by atoms with Crippen molar-refractivity contribution < 1.29 is 8.78 Å². The molecule has 6 heteroatoms. The number of aromatic nitrogens is 3. The molecule has 3 nitrogen and oxygen atoms in total. The van der Waals surface area contributed by atoms with Gasteiger partial charge in [-0.3, -0.25) is 9.67 Å². The van der Waals surface area contributed by atoms with Crippen LogP contribution >= 0.6 is 12.2 Å². The lowest BCUT2D eigenvalue weighted by atomic mass is 10.3. The SMILES string of the molecule is CCc1n[nH]c(=S)n1-c1ccc(F)cc1F. The standard InChI is InChI=1S/C10H9F2N3S/c1-2-9-13-14-10(16)15(9)8-4-3-6(11)5-7(8)12/h3-5H,2H2,1H3,(H,14,16). The maximum Gasteiger partial charge on any atom is 0.199 e. The number of H-pyrrole nitrogens is 1. The van der Waals surface area contributed by atoms with Crippen molar-refractivity contribution in [2.45, 2.75) is 13.3 Å². The molecular formula is C10H9F2N3S. The Bertz CT molecular complexity index is 574. The summed E-state index contributed by atoms with van der Waals surface area (Å²) >= 11 is 5.00. The van der Waals surface area contributed by atoms with Crippen molar-refractivity contribution >= 4 is 12.2 Å². The van der Waals surface area contributed by atoms with Gasteiger partial charge in [-0.05, 0) is 24.4 Å². The normalized spacial score (nSPS) is 10.7. The van der Waals surface area contributed by atoms with Crippen molar-refractivity contribution in [2.75, 3.05) is 0 Å². The van der Waals surface area contributed by atoms with Gasteiger partial charge in [-0.2, -0.15) is 5.10 Å². The van der Waals surface area contributed by atoms with Gasteiger partial charge in [0.2, 0.25) is 0 Å². The van der Waals surface area contributed by atoms with E-state index >= 15 is 0 Å². The Labute approximate surface area is 95.7 Å². The Morgan fingerprint density at radius 1 is 1.44 bits per heavy atom. The summed E-state index contributed by atoms with van der Waals surface area (Å²) in [7, 11) is 0. The number of hydrogen-bond acceptors (Lipinski definition) is 2. The van der Waals surface area contributed by atoms with Gasteiger partial charge in [0.05, 0.1) is 5.69 Å². The fourth-order valence-electron chi connectivity index (χ4n) is 1.48. The summed E-state index contributed by atoms with van der Waals surface area (Å²) in [5.41, 5.74) is 0.206. The molecule has 0 aliphatic rings. The predicted octanol–water partition coefficient (Wildman–Crippen LogP) is 2.77. The van der Waals surface area contributed by atoms with E-state index in [-0.39, 0.29) is 5.69 Å². The van der Waals surface area contributed by atoms with Crippen molar-refractivity contribution in [1.29, 1.82) is 0 Å². The summed E-state index contributed by atoms with van der Waals surface area (Å²) in [6.07, 6.45) is 0.601. The highest BCUT2D eigenvalue weighted by Crippen LogP contribution is 2.16. The highest BCUT2D eigenvalue weighted by Gasteiger charge is 2.11. The van der Waals surface area contributed by atoms with Gasteiger partial charge in [0.1, 0.15) is 17.5 Å². The maximum atomic E-state index is 13.6. The zero-order chi connectivity index (χ0) is 11.7. The lowest BCUT2D eigenvalue weighted by Crippen LogP contribution is -2.03. The molecule has 16 heavy (non-hydrogen) atoms. The van der Waals surface area contributed by atoms with Gasteiger partial charge >= 0.3 is 0 Å². The summed E-state index contributed by atoms with van der Waals surface area (Å²) < 4.78 is 28.1. The van der Waals surface area contributed by atoms with Crippen LogP contribution in [0.5, 0.6) is 0 Å². The molecule has 0 atom stereocenters. The summed E-state index contributed by atoms with van der Waals surface area (Å²) in [6, 6.07) is 3.35. The van der Waals surface area contributed by atoms with E-state index in [1.807, 2.05) is 6.92 Å². The Hall–Kier alpha value is -1.56. The van der Waals surface area contributed by atoms with Crippen LogP contribution in [-0.2, 0) is 6.42 Å². The molecule has 1 aromatic heterocycles. The molecule has 0 aliphatic carbocycles. The van der Waals surface area contributed by atoms with E-state index < -0.39 is 11.6 Å². The van der Waals surface area contributed by atoms with Crippen LogP contribution in [0.2, 0.25) is 0 Å². The van der Waals surface area contributed by atoms with E-state index in [1.54, 1.807) is 0 Å². The van der Waals surface area contributed by atoms with Crippen molar-refractivity contribution in [2.24, 2.45) is 0 Å². The third-order valence-corrected chi connectivity index (χ3v) is 2.48. The Morgan fingerprint density at radius 2 is 2.19 bits per heavy atom.